The molecule has 1 atom stereocenters. The van der Waals surface area contributed by atoms with Crippen LogP contribution in [0.1, 0.15) is 47.3 Å². The van der Waals surface area contributed by atoms with Gasteiger partial charge in [-0.25, -0.2) is 9.97 Å². The van der Waals surface area contributed by atoms with Crippen molar-refractivity contribution in [2.75, 3.05) is 5.32 Å². The molecular weight excluding hydrogens is 470 g/mol. The van der Waals surface area contributed by atoms with Crippen LogP contribution in [0.25, 0.3) is 6.08 Å². The smallest absolute Gasteiger partial charge is 0.283 e. The summed E-state index contributed by atoms with van der Waals surface area (Å²) in [6.45, 7) is 1.94. The Kier molecular flexibility index (Phi) is 5.48. The molecule has 2 aromatic heterocycles. The van der Waals surface area contributed by atoms with Crippen LogP contribution in [0, 0.1) is 6.92 Å². The molecular formula is C28H27N5O2S. The largest absolute Gasteiger partial charge is 0.365 e. The van der Waals surface area contributed by atoms with Crippen LogP contribution in [0.5, 0.6) is 0 Å². The zero-order valence-corrected chi connectivity index (χ0v) is 20.8. The normalized spacial score (nSPS) is 19.5. The summed E-state index contributed by atoms with van der Waals surface area (Å²) < 4.78 is 29.0. The highest BCUT2D eigenvalue weighted by Crippen LogP contribution is 2.43. The van der Waals surface area contributed by atoms with Crippen LogP contribution in [-0.2, 0) is 21.9 Å². The first-order chi connectivity index (χ1) is 17.5. The van der Waals surface area contributed by atoms with E-state index in [9.17, 15) is 8.42 Å². The molecule has 2 aliphatic carbocycles. The third-order valence-corrected chi connectivity index (χ3v) is 8.91. The monoisotopic (exact) mass is 497 g/mol. The Morgan fingerprint density at radius 3 is 2.47 bits per heavy atom. The number of fused-ring (bicyclic) bond motifs is 1. The molecule has 1 fully saturated rings. The third kappa shape index (κ3) is 3.73. The molecule has 0 radical (unpaired) electrons. The predicted molar refractivity (Wildman–Crippen MR) is 139 cm³/mol. The number of allylic oxidation sites excluding steroid dienone is 1. The van der Waals surface area contributed by atoms with Gasteiger partial charge in [-0.05, 0) is 49.9 Å². The molecule has 0 spiro atoms. The molecule has 6 rings (SSSR count). The Labute approximate surface area is 211 Å². The van der Waals surface area contributed by atoms with Crippen molar-refractivity contribution in [2.45, 2.75) is 49.0 Å². The average Bonchev–Trinajstić information content (AvgIpc) is 3.25. The van der Waals surface area contributed by atoms with Gasteiger partial charge in [0.1, 0.15) is 6.33 Å². The SMILES string of the molecule is Cc1ccc(S(=O)(=O)n2nc(NC3CCC3)c3c2CC(c2ccccc2)(c2ccncn2)C=C3)cc1. The van der Waals surface area contributed by atoms with Crippen molar-refractivity contribution in [2.24, 2.45) is 0 Å². The molecule has 1 N–H and O–H groups in total. The van der Waals surface area contributed by atoms with E-state index >= 15 is 0 Å². The molecule has 182 valence electrons. The highest BCUT2D eigenvalue weighted by molar-refractivity contribution is 7.89. The van der Waals surface area contributed by atoms with E-state index in [0.717, 1.165) is 35.2 Å². The van der Waals surface area contributed by atoms with Crippen LogP contribution in [0.15, 0.2) is 84.2 Å². The van der Waals surface area contributed by atoms with Crippen LogP contribution in [0.4, 0.5) is 5.82 Å². The van der Waals surface area contributed by atoms with E-state index in [2.05, 4.69) is 38.6 Å². The number of hydrogen-bond acceptors (Lipinski definition) is 6. The number of aryl methyl sites for hydroxylation is 1. The minimum atomic E-state index is -3.92. The number of benzene rings is 2. The summed E-state index contributed by atoms with van der Waals surface area (Å²) in [5.74, 6) is 0.617. The molecule has 4 aromatic rings. The fraction of sp³-hybridized carbons (Fsp3) is 0.250. The molecule has 1 saturated carbocycles. The van der Waals surface area contributed by atoms with Crippen LogP contribution < -0.4 is 5.32 Å². The Morgan fingerprint density at radius 2 is 1.81 bits per heavy atom. The van der Waals surface area contributed by atoms with Gasteiger partial charge < -0.3 is 5.32 Å². The fourth-order valence-electron chi connectivity index (χ4n) is 5.01. The second-order valence-corrected chi connectivity index (χ2v) is 11.4. The zero-order chi connectivity index (χ0) is 24.8. The number of aromatic nitrogens is 4. The van der Waals surface area contributed by atoms with Crippen LogP contribution in [0.2, 0.25) is 0 Å². The van der Waals surface area contributed by atoms with Crippen molar-refractivity contribution in [3.63, 3.8) is 0 Å². The topological polar surface area (TPSA) is 89.8 Å². The average molecular weight is 498 g/mol. The van der Waals surface area contributed by atoms with Gasteiger partial charge in [0.05, 0.1) is 21.7 Å². The summed E-state index contributed by atoms with van der Waals surface area (Å²) in [5, 5.41) is 8.16. The maximum absolute atomic E-state index is 13.9. The molecule has 0 bridgehead atoms. The van der Waals surface area contributed by atoms with Crippen LogP contribution >= 0.6 is 0 Å². The van der Waals surface area contributed by atoms with Crippen molar-refractivity contribution in [3.8, 4) is 0 Å². The summed E-state index contributed by atoms with van der Waals surface area (Å²) in [4.78, 5) is 8.93. The Hall–Kier alpha value is -3.78. The minimum Gasteiger partial charge on any atom is -0.365 e. The van der Waals surface area contributed by atoms with Crippen molar-refractivity contribution >= 4 is 21.9 Å². The van der Waals surface area contributed by atoms with Gasteiger partial charge in [-0.2, -0.15) is 12.5 Å². The second-order valence-electron chi connectivity index (χ2n) is 9.58. The van der Waals surface area contributed by atoms with Crippen LogP contribution in [0.3, 0.4) is 0 Å². The first kappa shape index (κ1) is 22.7. The van der Waals surface area contributed by atoms with E-state index in [1.54, 1.807) is 18.3 Å². The predicted octanol–water partition coefficient (Wildman–Crippen LogP) is 4.74. The standard InChI is InChI=1S/C28H27N5O2S/c1-20-10-12-23(13-11-20)36(34,35)33-25-18-28(21-6-3-2-4-7-21,26-15-17-29-19-30-26)16-14-24(25)27(32-33)31-22-8-5-9-22/h2-4,6-7,10-17,19,22H,5,8-9,18H2,1H3,(H,31,32). The summed E-state index contributed by atoms with van der Waals surface area (Å²) in [7, 11) is -3.92. The number of rotatable bonds is 6. The minimum absolute atomic E-state index is 0.218. The van der Waals surface area contributed by atoms with Gasteiger partial charge >= 0.3 is 0 Å². The Morgan fingerprint density at radius 1 is 1.03 bits per heavy atom. The summed E-state index contributed by atoms with van der Waals surface area (Å²) in [6.07, 6.45) is 11.1. The van der Waals surface area contributed by atoms with Gasteiger partial charge in [-0.3, -0.25) is 0 Å². The molecule has 2 aromatic carbocycles. The van der Waals surface area contributed by atoms with Gasteiger partial charge in [0.15, 0.2) is 5.82 Å². The first-order valence-corrected chi connectivity index (χ1v) is 13.6. The third-order valence-electron chi connectivity index (χ3n) is 7.29. The lowest BCUT2D eigenvalue weighted by Crippen LogP contribution is -2.33. The lowest BCUT2D eigenvalue weighted by atomic mass is 9.70. The van der Waals surface area contributed by atoms with Gasteiger partial charge in [0.25, 0.3) is 10.0 Å². The number of hydrogen-bond donors (Lipinski definition) is 1. The molecule has 0 saturated heterocycles. The number of anilines is 1. The van der Waals surface area contributed by atoms with Crippen molar-refractivity contribution in [3.05, 3.63) is 107 Å². The van der Waals surface area contributed by atoms with Gasteiger partial charge in [-0.15, -0.1) is 5.10 Å². The van der Waals surface area contributed by atoms with Crippen molar-refractivity contribution in [1.82, 2.24) is 19.2 Å². The van der Waals surface area contributed by atoms with Crippen molar-refractivity contribution < 1.29 is 8.42 Å². The lowest BCUT2D eigenvalue weighted by Gasteiger charge is -2.34. The molecule has 7 nitrogen and oxygen atoms in total. The van der Waals surface area contributed by atoms with Gasteiger partial charge in [-0.1, -0.05) is 60.2 Å². The molecule has 2 aliphatic rings. The molecule has 1 unspecified atom stereocenters. The van der Waals surface area contributed by atoms with E-state index in [1.807, 2.05) is 49.4 Å². The maximum Gasteiger partial charge on any atom is 0.283 e. The molecule has 0 amide bonds. The highest BCUT2D eigenvalue weighted by atomic mass is 32.2. The van der Waals surface area contributed by atoms with E-state index in [0.29, 0.717) is 24.0 Å². The van der Waals surface area contributed by atoms with E-state index < -0.39 is 15.4 Å². The Balaban J connectivity index is 1.54. The number of nitrogens with zero attached hydrogens (tertiary/aromatic N) is 4. The van der Waals surface area contributed by atoms with Gasteiger partial charge in [0, 0.05) is 24.2 Å². The summed E-state index contributed by atoms with van der Waals surface area (Å²) >= 11 is 0. The van der Waals surface area contributed by atoms with Crippen LogP contribution in [-0.4, -0.2) is 33.6 Å². The molecule has 0 aliphatic heterocycles. The maximum atomic E-state index is 13.9. The fourth-order valence-corrected chi connectivity index (χ4v) is 6.33. The lowest BCUT2D eigenvalue weighted by molar-refractivity contribution is 0.444. The quantitative estimate of drug-likeness (QED) is 0.414. The molecule has 36 heavy (non-hydrogen) atoms. The Bertz CT molecular complexity index is 1480. The number of nitrogens with one attached hydrogen (secondary N) is 1. The van der Waals surface area contributed by atoms with E-state index in [4.69, 9.17) is 0 Å². The molecule has 8 heteroatoms. The van der Waals surface area contributed by atoms with E-state index in [-0.39, 0.29) is 4.90 Å². The van der Waals surface area contributed by atoms with E-state index in [1.165, 1.54) is 16.8 Å². The van der Waals surface area contributed by atoms with Gasteiger partial charge in [0.2, 0.25) is 0 Å². The second kappa shape index (κ2) is 8.71. The highest BCUT2D eigenvalue weighted by Gasteiger charge is 2.41. The zero-order valence-electron chi connectivity index (χ0n) is 20.0. The first-order valence-electron chi connectivity index (χ1n) is 12.2. The molecule has 2 heterocycles. The summed E-state index contributed by atoms with van der Waals surface area (Å²) in [6, 6.07) is 19.2. The summed E-state index contributed by atoms with van der Waals surface area (Å²) in [5.41, 5.74) is 3.63. The van der Waals surface area contributed by atoms with Crippen molar-refractivity contribution in [1.29, 1.82) is 0 Å².